The van der Waals surface area contributed by atoms with Gasteiger partial charge in [-0.15, -0.1) is 0 Å². The molecule has 0 bridgehead atoms. The summed E-state index contributed by atoms with van der Waals surface area (Å²) in [6, 6.07) is 8.90. The van der Waals surface area contributed by atoms with Gasteiger partial charge in [0.05, 0.1) is 10.9 Å². The van der Waals surface area contributed by atoms with E-state index in [0.717, 1.165) is 56.6 Å². The Hall–Kier alpha value is -2.87. The number of benzene rings is 3. The second-order valence-electron chi connectivity index (χ2n) is 9.88. The van der Waals surface area contributed by atoms with Crippen molar-refractivity contribution in [3.63, 3.8) is 0 Å². The molecule has 0 amide bonds. The van der Waals surface area contributed by atoms with Gasteiger partial charge in [-0.25, -0.2) is 22.0 Å². The van der Waals surface area contributed by atoms with Crippen molar-refractivity contribution in [1.29, 1.82) is 0 Å². The van der Waals surface area contributed by atoms with Gasteiger partial charge in [0, 0.05) is 5.92 Å². The number of fused-ring (bicyclic) bond motifs is 1. The first kappa shape index (κ1) is 26.2. The van der Waals surface area contributed by atoms with Crippen LogP contribution in [0.5, 0.6) is 0 Å². The summed E-state index contributed by atoms with van der Waals surface area (Å²) in [5.41, 5.74) is 2.05. The molecule has 3 aromatic carbocycles. The van der Waals surface area contributed by atoms with Gasteiger partial charge in [-0.05, 0) is 85.2 Å². The van der Waals surface area contributed by atoms with E-state index >= 15 is 0 Å². The molecular formula is C31H31F5. The Balaban J connectivity index is 1.37. The molecule has 4 rings (SSSR count). The Labute approximate surface area is 209 Å². The van der Waals surface area contributed by atoms with Crippen molar-refractivity contribution in [2.45, 2.75) is 77.0 Å². The van der Waals surface area contributed by atoms with Crippen LogP contribution >= 0.6 is 0 Å². The van der Waals surface area contributed by atoms with Crippen molar-refractivity contribution < 1.29 is 22.0 Å². The topological polar surface area (TPSA) is 0 Å². The average molecular weight is 499 g/mol. The van der Waals surface area contributed by atoms with Crippen LogP contribution in [0.3, 0.4) is 0 Å². The molecule has 1 saturated carbocycles. The molecule has 1 aliphatic carbocycles. The molecule has 0 saturated heterocycles. The van der Waals surface area contributed by atoms with Crippen LogP contribution in [0.15, 0.2) is 36.4 Å². The van der Waals surface area contributed by atoms with Crippen LogP contribution in [-0.4, -0.2) is 0 Å². The highest BCUT2D eigenvalue weighted by molar-refractivity contribution is 5.84. The van der Waals surface area contributed by atoms with Gasteiger partial charge in [0.25, 0.3) is 0 Å². The largest absolute Gasteiger partial charge is 0.206 e. The molecule has 1 fully saturated rings. The highest BCUT2D eigenvalue weighted by Crippen LogP contribution is 2.38. The fourth-order valence-corrected chi connectivity index (χ4v) is 5.14. The summed E-state index contributed by atoms with van der Waals surface area (Å²) in [5.74, 6) is 0.643. The quantitative estimate of drug-likeness (QED) is 0.132. The van der Waals surface area contributed by atoms with Crippen LogP contribution in [0.2, 0.25) is 0 Å². The van der Waals surface area contributed by atoms with Gasteiger partial charge >= 0.3 is 0 Å². The van der Waals surface area contributed by atoms with Crippen LogP contribution in [0.25, 0.3) is 10.8 Å². The maximum Gasteiger partial charge on any atom is 0.195 e. The Bertz CT molecular complexity index is 1280. The van der Waals surface area contributed by atoms with Crippen LogP contribution < -0.4 is 0 Å². The minimum atomic E-state index is -1.67. The average Bonchev–Trinajstić information content (AvgIpc) is 2.86. The van der Waals surface area contributed by atoms with Gasteiger partial charge in [-0.3, -0.25) is 0 Å². The summed E-state index contributed by atoms with van der Waals surface area (Å²) in [7, 11) is 0. The highest BCUT2D eigenvalue weighted by Gasteiger charge is 2.24. The van der Waals surface area contributed by atoms with E-state index in [9.17, 15) is 22.0 Å². The van der Waals surface area contributed by atoms with Gasteiger partial charge < -0.3 is 0 Å². The lowest BCUT2D eigenvalue weighted by molar-refractivity contribution is 0.384. The lowest BCUT2D eigenvalue weighted by atomic mass is 9.78. The van der Waals surface area contributed by atoms with Crippen molar-refractivity contribution in [3.8, 4) is 11.8 Å². The lowest BCUT2D eigenvalue weighted by Crippen LogP contribution is -2.12. The van der Waals surface area contributed by atoms with Gasteiger partial charge in [0.15, 0.2) is 17.5 Å². The van der Waals surface area contributed by atoms with E-state index < -0.39 is 28.7 Å². The van der Waals surface area contributed by atoms with Crippen LogP contribution in [0.1, 0.15) is 87.3 Å². The molecule has 0 aromatic heterocycles. The molecule has 0 nitrogen and oxygen atoms in total. The summed E-state index contributed by atoms with van der Waals surface area (Å²) >= 11 is 0. The summed E-state index contributed by atoms with van der Waals surface area (Å²) in [5, 5.41) is -0.509. The van der Waals surface area contributed by atoms with E-state index in [1.54, 1.807) is 18.2 Å². The Morgan fingerprint density at radius 2 is 1.50 bits per heavy atom. The molecular weight excluding hydrogens is 467 g/mol. The molecule has 0 unspecified atom stereocenters. The van der Waals surface area contributed by atoms with E-state index in [4.69, 9.17) is 0 Å². The van der Waals surface area contributed by atoms with Crippen molar-refractivity contribution >= 4 is 10.8 Å². The summed E-state index contributed by atoms with van der Waals surface area (Å²) in [4.78, 5) is 0. The third-order valence-electron chi connectivity index (χ3n) is 7.26. The van der Waals surface area contributed by atoms with Gasteiger partial charge in [0.1, 0.15) is 11.6 Å². The molecule has 5 heteroatoms. The predicted molar refractivity (Wildman–Crippen MR) is 134 cm³/mol. The molecule has 36 heavy (non-hydrogen) atoms. The fourth-order valence-electron chi connectivity index (χ4n) is 5.14. The summed E-state index contributed by atoms with van der Waals surface area (Å²) < 4.78 is 70.3. The fraction of sp³-hybridized carbons (Fsp3) is 0.419. The number of halogens is 5. The third-order valence-corrected chi connectivity index (χ3v) is 7.26. The van der Waals surface area contributed by atoms with Crippen LogP contribution in [0.4, 0.5) is 22.0 Å². The Kier molecular flexibility index (Phi) is 8.67. The second-order valence-corrected chi connectivity index (χ2v) is 9.88. The van der Waals surface area contributed by atoms with Crippen LogP contribution in [-0.2, 0) is 6.42 Å². The molecule has 0 atom stereocenters. The Morgan fingerprint density at radius 3 is 2.22 bits per heavy atom. The van der Waals surface area contributed by atoms with Crippen molar-refractivity contribution in [2.24, 2.45) is 5.92 Å². The maximum absolute atomic E-state index is 14.6. The van der Waals surface area contributed by atoms with E-state index in [2.05, 4.69) is 18.8 Å². The zero-order chi connectivity index (χ0) is 25.7. The minimum absolute atomic E-state index is 0.0168. The van der Waals surface area contributed by atoms with E-state index in [0.29, 0.717) is 11.1 Å². The van der Waals surface area contributed by atoms with E-state index in [-0.39, 0.29) is 23.0 Å². The number of rotatable bonds is 7. The first-order chi connectivity index (χ1) is 17.4. The highest BCUT2D eigenvalue weighted by atomic mass is 19.2. The van der Waals surface area contributed by atoms with Gasteiger partial charge in [-0.2, -0.15) is 0 Å². The molecule has 0 N–H and O–H groups in total. The molecule has 0 heterocycles. The van der Waals surface area contributed by atoms with E-state index in [1.807, 2.05) is 6.07 Å². The summed E-state index contributed by atoms with van der Waals surface area (Å²) in [6.07, 6.45) is 9.77. The molecule has 0 spiro atoms. The van der Waals surface area contributed by atoms with Crippen LogP contribution in [0, 0.1) is 46.8 Å². The molecule has 1 aliphatic rings. The Morgan fingerprint density at radius 1 is 0.750 bits per heavy atom. The van der Waals surface area contributed by atoms with Crippen molar-refractivity contribution in [3.05, 3.63) is 82.2 Å². The lowest BCUT2D eigenvalue weighted by Gasteiger charge is -2.26. The third kappa shape index (κ3) is 6.09. The molecule has 0 aliphatic heterocycles. The normalized spacial score (nSPS) is 17.7. The first-order valence-corrected chi connectivity index (χ1v) is 12.9. The first-order valence-electron chi connectivity index (χ1n) is 12.9. The SMILES string of the molecule is CCCCCCCc1ccc(C#CC2CCC(c3cc(F)c4c(F)c(F)c(F)cc4c3)CC2)c(F)c1. The second kappa shape index (κ2) is 11.9. The van der Waals surface area contributed by atoms with Crippen molar-refractivity contribution in [1.82, 2.24) is 0 Å². The number of unbranched alkanes of at least 4 members (excludes halogenated alkanes) is 4. The summed E-state index contributed by atoms with van der Waals surface area (Å²) in [6.45, 7) is 2.18. The predicted octanol–water partition coefficient (Wildman–Crippen LogP) is 9.37. The zero-order valence-corrected chi connectivity index (χ0v) is 20.6. The van der Waals surface area contributed by atoms with Gasteiger partial charge in [0.2, 0.25) is 0 Å². The number of hydrogen-bond acceptors (Lipinski definition) is 0. The zero-order valence-electron chi connectivity index (χ0n) is 20.6. The smallest absolute Gasteiger partial charge is 0.195 e. The molecule has 3 aromatic rings. The minimum Gasteiger partial charge on any atom is -0.206 e. The maximum atomic E-state index is 14.6. The molecule has 190 valence electrons. The van der Waals surface area contributed by atoms with Gasteiger partial charge in [-0.1, -0.05) is 56.6 Å². The number of aryl methyl sites for hydroxylation is 1. The monoisotopic (exact) mass is 498 g/mol. The van der Waals surface area contributed by atoms with Crippen molar-refractivity contribution in [2.75, 3.05) is 0 Å². The van der Waals surface area contributed by atoms with E-state index in [1.165, 1.54) is 25.3 Å². The number of hydrogen-bond donors (Lipinski definition) is 0. The standard InChI is InChI=1S/C31H31F5/c1-2-3-4-5-6-7-21-11-15-23(26(32)16-21)14-10-20-8-12-22(13-9-20)24-17-25-19-28(34)30(35)31(36)29(25)27(33)18-24/h11,15-20,22H,2-9,12-13H2,1H3. The molecule has 0 radical (unpaired) electrons.